The second-order valence-corrected chi connectivity index (χ2v) is 6.42. The Morgan fingerprint density at radius 3 is 2.82 bits per heavy atom. The molecule has 0 bridgehead atoms. The smallest absolute Gasteiger partial charge is 0.259 e. The van der Waals surface area contributed by atoms with Crippen LogP contribution >= 0.6 is 11.8 Å². The lowest BCUT2D eigenvalue weighted by molar-refractivity contribution is -0.125. The number of amidine groups is 2. The number of nitrogens with zero attached hydrogens (tertiary/aromatic N) is 3. The van der Waals surface area contributed by atoms with E-state index in [0.29, 0.717) is 11.0 Å². The van der Waals surface area contributed by atoms with Gasteiger partial charge in [0.25, 0.3) is 5.91 Å². The first-order valence-electron chi connectivity index (χ1n) is 7.00. The number of para-hydroxylation sites is 1. The normalized spacial score (nSPS) is 19.7. The van der Waals surface area contributed by atoms with E-state index < -0.39 is 11.9 Å². The molecule has 1 atom stereocenters. The highest BCUT2D eigenvalue weighted by Gasteiger charge is 2.42. The number of aliphatic imine (C=N–C) groups is 2. The Balaban J connectivity index is 2.06. The predicted octanol–water partition coefficient (Wildman–Crippen LogP) is 1.52. The maximum absolute atomic E-state index is 12.6. The maximum Gasteiger partial charge on any atom is 0.259 e. The second kappa shape index (κ2) is 5.57. The Labute approximate surface area is 132 Å². The summed E-state index contributed by atoms with van der Waals surface area (Å²) in [5, 5.41) is 0.462. The van der Waals surface area contributed by atoms with Crippen molar-refractivity contribution in [2.75, 3.05) is 5.75 Å². The van der Waals surface area contributed by atoms with Crippen LogP contribution in [0.1, 0.15) is 19.4 Å². The summed E-state index contributed by atoms with van der Waals surface area (Å²) in [6, 6.07) is 7.12. The molecule has 0 saturated carbocycles. The summed E-state index contributed by atoms with van der Waals surface area (Å²) in [7, 11) is 0. The molecule has 22 heavy (non-hydrogen) atoms. The molecule has 2 amide bonds. The van der Waals surface area contributed by atoms with Crippen molar-refractivity contribution in [2.24, 2.45) is 21.6 Å². The lowest BCUT2D eigenvalue weighted by Gasteiger charge is -2.25. The molecule has 0 saturated heterocycles. The van der Waals surface area contributed by atoms with Crippen LogP contribution < -0.4 is 5.73 Å². The number of thioether (sulfide) groups is 1. The van der Waals surface area contributed by atoms with Gasteiger partial charge in [0, 0.05) is 5.56 Å². The highest BCUT2D eigenvalue weighted by Crippen LogP contribution is 2.34. The van der Waals surface area contributed by atoms with Crippen molar-refractivity contribution >= 4 is 40.3 Å². The number of amides is 2. The van der Waals surface area contributed by atoms with Crippen molar-refractivity contribution < 1.29 is 9.59 Å². The number of carbonyl (C=O) groups is 2. The van der Waals surface area contributed by atoms with Gasteiger partial charge >= 0.3 is 0 Å². The van der Waals surface area contributed by atoms with Crippen LogP contribution in [0, 0.1) is 5.92 Å². The number of hydrogen-bond donors (Lipinski definition) is 1. The van der Waals surface area contributed by atoms with Gasteiger partial charge in [-0.2, -0.15) is 0 Å². The molecular formula is C15H16N4O2S. The highest BCUT2D eigenvalue weighted by atomic mass is 32.2. The SMILES string of the molecule is CC(C)[C@@H]1N=C2c3ccccc3N=C(SCC(N)=O)N2C1=O. The Kier molecular flexibility index (Phi) is 3.74. The lowest BCUT2D eigenvalue weighted by atomic mass is 10.1. The molecule has 2 aliphatic heterocycles. The molecule has 114 valence electrons. The van der Waals surface area contributed by atoms with Crippen LogP contribution in [0.15, 0.2) is 34.3 Å². The molecule has 0 spiro atoms. The van der Waals surface area contributed by atoms with E-state index in [1.165, 1.54) is 4.90 Å². The molecule has 0 fully saturated rings. The van der Waals surface area contributed by atoms with Crippen molar-refractivity contribution in [2.45, 2.75) is 19.9 Å². The minimum absolute atomic E-state index is 0.0738. The minimum Gasteiger partial charge on any atom is -0.369 e. The standard InChI is InChI=1S/C15H16N4O2S/c1-8(2)12-14(21)19-13(18-12)9-5-3-4-6-10(9)17-15(19)22-7-11(16)20/h3-6,8,12H,7H2,1-2H3,(H2,16,20)/t12-/m0/s1. The van der Waals surface area contributed by atoms with E-state index in [0.717, 1.165) is 23.0 Å². The van der Waals surface area contributed by atoms with Crippen LogP contribution in [-0.4, -0.2) is 39.5 Å². The van der Waals surface area contributed by atoms with Crippen LogP contribution in [0.2, 0.25) is 0 Å². The fourth-order valence-electron chi connectivity index (χ4n) is 2.44. The molecule has 2 heterocycles. The Hall–Kier alpha value is -2.15. The number of fused-ring (bicyclic) bond motifs is 3. The van der Waals surface area contributed by atoms with Gasteiger partial charge in [-0.05, 0) is 18.1 Å². The summed E-state index contributed by atoms with van der Waals surface area (Å²) < 4.78 is 0. The fourth-order valence-corrected chi connectivity index (χ4v) is 3.18. The predicted molar refractivity (Wildman–Crippen MR) is 87.2 cm³/mol. The first-order chi connectivity index (χ1) is 10.5. The zero-order chi connectivity index (χ0) is 15.9. The molecule has 0 aliphatic carbocycles. The van der Waals surface area contributed by atoms with E-state index in [-0.39, 0.29) is 17.6 Å². The topological polar surface area (TPSA) is 88.1 Å². The van der Waals surface area contributed by atoms with Crippen LogP contribution in [-0.2, 0) is 9.59 Å². The van der Waals surface area contributed by atoms with Crippen molar-refractivity contribution in [3.05, 3.63) is 29.8 Å². The maximum atomic E-state index is 12.6. The highest BCUT2D eigenvalue weighted by molar-refractivity contribution is 8.14. The number of primary amides is 1. The number of rotatable bonds is 3. The molecule has 6 nitrogen and oxygen atoms in total. The Morgan fingerprint density at radius 2 is 2.14 bits per heavy atom. The number of carbonyl (C=O) groups excluding carboxylic acids is 2. The van der Waals surface area contributed by atoms with E-state index in [1.807, 2.05) is 38.1 Å². The molecular weight excluding hydrogens is 300 g/mol. The Bertz CT molecular complexity index is 711. The van der Waals surface area contributed by atoms with Crippen molar-refractivity contribution in [1.29, 1.82) is 0 Å². The van der Waals surface area contributed by atoms with Gasteiger partial charge in [-0.25, -0.2) is 9.89 Å². The summed E-state index contributed by atoms with van der Waals surface area (Å²) >= 11 is 1.16. The Morgan fingerprint density at radius 1 is 1.41 bits per heavy atom. The molecule has 2 aliphatic rings. The summed E-state index contributed by atoms with van der Waals surface area (Å²) in [5.74, 6) is 0.235. The number of benzene rings is 1. The summed E-state index contributed by atoms with van der Waals surface area (Å²) in [5.41, 5.74) is 6.79. The average Bonchev–Trinajstić information content (AvgIpc) is 2.83. The van der Waals surface area contributed by atoms with Gasteiger partial charge in [0.15, 0.2) is 5.17 Å². The van der Waals surface area contributed by atoms with Crippen molar-refractivity contribution in [3.63, 3.8) is 0 Å². The van der Waals surface area contributed by atoms with E-state index in [4.69, 9.17) is 5.73 Å². The average molecular weight is 316 g/mol. The largest absolute Gasteiger partial charge is 0.369 e. The molecule has 1 aromatic rings. The van der Waals surface area contributed by atoms with Crippen molar-refractivity contribution in [3.8, 4) is 0 Å². The van der Waals surface area contributed by atoms with Gasteiger partial charge in [0.2, 0.25) is 5.91 Å². The van der Waals surface area contributed by atoms with Crippen LogP contribution in [0.4, 0.5) is 5.69 Å². The monoisotopic (exact) mass is 316 g/mol. The van der Waals surface area contributed by atoms with Crippen LogP contribution in [0.3, 0.4) is 0 Å². The number of nitrogens with two attached hydrogens (primary N) is 1. The van der Waals surface area contributed by atoms with Gasteiger partial charge in [-0.3, -0.25) is 14.6 Å². The summed E-state index contributed by atoms with van der Waals surface area (Å²) in [6.07, 6.45) is 0. The van der Waals surface area contributed by atoms with Crippen molar-refractivity contribution in [1.82, 2.24) is 4.90 Å². The molecule has 0 radical (unpaired) electrons. The molecule has 0 unspecified atom stereocenters. The molecule has 0 aromatic heterocycles. The minimum atomic E-state index is -0.447. The zero-order valence-corrected chi connectivity index (χ0v) is 13.1. The quantitative estimate of drug-likeness (QED) is 0.917. The zero-order valence-electron chi connectivity index (χ0n) is 12.3. The van der Waals surface area contributed by atoms with Gasteiger partial charge in [0.05, 0.1) is 11.4 Å². The second-order valence-electron chi connectivity index (χ2n) is 5.48. The van der Waals surface area contributed by atoms with Gasteiger partial charge in [-0.1, -0.05) is 37.7 Å². The molecule has 2 N–H and O–H groups in total. The lowest BCUT2D eigenvalue weighted by Crippen LogP contribution is -2.42. The third-order valence-electron chi connectivity index (χ3n) is 3.47. The van der Waals surface area contributed by atoms with E-state index >= 15 is 0 Å². The first kappa shape index (κ1) is 14.8. The summed E-state index contributed by atoms with van der Waals surface area (Å²) in [6.45, 7) is 3.93. The van der Waals surface area contributed by atoms with Gasteiger partial charge < -0.3 is 5.73 Å². The third-order valence-corrected chi connectivity index (χ3v) is 4.43. The summed E-state index contributed by atoms with van der Waals surface area (Å²) in [4.78, 5) is 34.3. The fraction of sp³-hybridized carbons (Fsp3) is 0.333. The third kappa shape index (κ3) is 2.41. The number of hydrogen-bond acceptors (Lipinski definition) is 5. The van der Waals surface area contributed by atoms with Crippen LogP contribution in [0.25, 0.3) is 0 Å². The molecule has 1 aromatic carbocycles. The molecule has 3 rings (SSSR count). The van der Waals surface area contributed by atoms with Gasteiger partial charge in [0.1, 0.15) is 11.9 Å². The molecule has 7 heteroatoms. The van der Waals surface area contributed by atoms with Gasteiger partial charge in [-0.15, -0.1) is 0 Å². The first-order valence-corrected chi connectivity index (χ1v) is 7.98. The van der Waals surface area contributed by atoms with E-state index in [2.05, 4.69) is 9.98 Å². The van der Waals surface area contributed by atoms with E-state index in [1.54, 1.807) is 0 Å². The van der Waals surface area contributed by atoms with E-state index in [9.17, 15) is 9.59 Å². The van der Waals surface area contributed by atoms with Crippen LogP contribution in [0.5, 0.6) is 0 Å².